The first kappa shape index (κ1) is 22.4. The van der Waals surface area contributed by atoms with Crippen LogP contribution >= 0.6 is 0 Å². The number of para-hydroxylation sites is 2. The van der Waals surface area contributed by atoms with E-state index in [9.17, 15) is 4.79 Å². The van der Waals surface area contributed by atoms with E-state index < -0.39 is 0 Å². The van der Waals surface area contributed by atoms with Crippen molar-refractivity contribution in [3.63, 3.8) is 0 Å². The van der Waals surface area contributed by atoms with Crippen molar-refractivity contribution in [2.24, 2.45) is 0 Å². The van der Waals surface area contributed by atoms with Gasteiger partial charge in [0.2, 0.25) is 5.91 Å². The number of carbonyl (C=O) groups is 1. The first-order chi connectivity index (χ1) is 14.1. The van der Waals surface area contributed by atoms with E-state index in [2.05, 4.69) is 61.7 Å². The largest absolute Gasteiger partial charge is 1.00 e. The Morgan fingerprint density at radius 3 is 2.63 bits per heavy atom. The van der Waals surface area contributed by atoms with Crippen molar-refractivity contribution < 1.29 is 17.2 Å². The molecule has 1 amide bonds. The van der Waals surface area contributed by atoms with Crippen LogP contribution in [0.25, 0.3) is 11.0 Å². The number of hydrogen-bond donors (Lipinski definition) is 0. The predicted molar refractivity (Wildman–Crippen MR) is 120 cm³/mol. The molecule has 2 aromatic carbocycles. The number of aryl methyl sites for hydroxylation is 3. The smallest absolute Gasteiger partial charge is 0.227 e. The SMILES string of the molecule is CCCCCCn1c(C2CC(=O)N(c3ccc(C)cc3C)C2)nc2ccccc21.[Cl-]. The van der Waals surface area contributed by atoms with E-state index >= 15 is 0 Å². The molecule has 4 nitrogen and oxygen atoms in total. The number of fused-ring (bicyclic) bond motifs is 1. The van der Waals surface area contributed by atoms with Gasteiger partial charge in [-0.05, 0) is 44.0 Å². The van der Waals surface area contributed by atoms with Crippen LogP contribution in [0.2, 0.25) is 0 Å². The normalized spacial score (nSPS) is 16.3. The molecule has 1 aliphatic rings. The lowest BCUT2D eigenvalue weighted by Crippen LogP contribution is -3.00. The number of amides is 1. The summed E-state index contributed by atoms with van der Waals surface area (Å²) in [5.41, 5.74) is 5.65. The molecule has 160 valence electrons. The van der Waals surface area contributed by atoms with Crippen molar-refractivity contribution >= 4 is 22.6 Å². The molecule has 0 saturated carbocycles. The van der Waals surface area contributed by atoms with Gasteiger partial charge in [0, 0.05) is 31.1 Å². The number of halogens is 1. The average Bonchev–Trinajstić information content (AvgIpc) is 3.26. The van der Waals surface area contributed by atoms with Crippen LogP contribution in [0.15, 0.2) is 42.5 Å². The third kappa shape index (κ3) is 4.39. The van der Waals surface area contributed by atoms with Gasteiger partial charge in [0.25, 0.3) is 0 Å². The van der Waals surface area contributed by atoms with Gasteiger partial charge >= 0.3 is 0 Å². The lowest BCUT2D eigenvalue weighted by molar-refractivity contribution is -0.117. The lowest BCUT2D eigenvalue weighted by Gasteiger charge is -2.20. The van der Waals surface area contributed by atoms with Gasteiger partial charge in [0.15, 0.2) is 0 Å². The summed E-state index contributed by atoms with van der Waals surface area (Å²) in [5, 5.41) is 0. The first-order valence-electron chi connectivity index (χ1n) is 10.9. The minimum atomic E-state index is 0. The molecule has 1 atom stereocenters. The Morgan fingerprint density at radius 2 is 1.87 bits per heavy atom. The molecule has 4 rings (SSSR count). The highest BCUT2D eigenvalue weighted by atomic mass is 35.5. The Balaban J connectivity index is 0.00000256. The number of hydrogen-bond acceptors (Lipinski definition) is 2. The van der Waals surface area contributed by atoms with Crippen LogP contribution in [0.4, 0.5) is 5.69 Å². The Morgan fingerprint density at radius 1 is 1.07 bits per heavy atom. The number of rotatable bonds is 7. The topological polar surface area (TPSA) is 38.1 Å². The molecular formula is C25H31ClN3O-. The maximum Gasteiger partial charge on any atom is 0.227 e. The number of carbonyl (C=O) groups excluding carboxylic acids is 1. The number of benzene rings is 2. The highest BCUT2D eigenvalue weighted by Crippen LogP contribution is 2.34. The van der Waals surface area contributed by atoms with Gasteiger partial charge in [-0.15, -0.1) is 0 Å². The molecular weight excluding hydrogens is 394 g/mol. The molecule has 1 aromatic heterocycles. The van der Waals surface area contributed by atoms with Crippen molar-refractivity contribution in [1.29, 1.82) is 0 Å². The third-order valence-electron chi connectivity index (χ3n) is 6.05. The van der Waals surface area contributed by atoms with Crippen molar-refractivity contribution in [3.05, 3.63) is 59.4 Å². The molecule has 1 unspecified atom stereocenters. The average molecular weight is 425 g/mol. The second-order valence-electron chi connectivity index (χ2n) is 8.37. The van der Waals surface area contributed by atoms with Crippen LogP contribution in [0.5, 0.6) is 0 Å². The monoisotopic (exact) mass is 424 g/mol. The van der Waals surface area contributed by atoms with Gasteiger partial charge in [-0.3, -0.25) is 4.79 Å². The molecule has 1 aliphatic heterocycles. The van der Waals surface area contributed by atoms with Gasteiger partial charge in [0.05, 0.1) is 11.0 Å². The molecule has 0 N–H and O–H groups in total. The van der Waals surface area contributed by atoms with Crippen molar-refractivity contribution in [2.75, 3.05) is 11.4 Å². The zero-order chi connectivity index (χ0) is 20.4. The van der Waals surface area contributed by atoms with E-state index in [-0.39, 0.29) is 24.2 Å². The van der Waals surface area contributed by atoms with E-state index in [1.165, 1.54) is 30.3 Å². The number of nitrogens with zero attached hydrogens (tertiary/aromatic N) is 3. The van der Waals surface area contributed by atoms with Crippen LogP contribution in [0, 0.1) is 13.8 Å². The minimum Gasteiger partial charge on any atom is -1.00 e. The summed E-state index contributed by atoms with van der Waals surface area (Å²) in [6, 6.07) is 14.7. The molecule has 3 aromatic rings. The standard InChI is InChI=1S/C25H31N3O.ClH/c1-4-5-6-9-14-27-23-11-8-7-10-21(23)26-25(27)20-16-24(29)28(17-20)22-13-12-18(2)15-19(22)3;/h7-8,10-13,15,20H,4-6,9,14,16-17H2,1-3H3;1H/p-1. The van der Waals surface area contributed by atoms with Crippen molar-refractivity contribution in [1.82, 2.24) is 9.55 Å². The number of unbranched alkanes of at least 4 members (excludes halogenated alkanes) is 3. The molecule has 0 bridgehead atoms. The molecule has 1 fully saturated rings. The molecule has 5 heteroatoms. The van der Waals surface area contributed by atoms with Crippen molar-refractivity contribution in [2.45, 2.75) is 65.3 Å². The molecule has 30 heavy (non-hydrogen) atoms. The highest BCUT2D eigenvalue weighted by molar-refractivity contribution is 5.97. The molecule has 2 heterocycles. The third-order valence-corrected chi connectivity index (χ3v) is 6.05. The van der Waals surface area contributed by atoms with Gasteiger partial charge in [0.1, 0.15) is 5.82 Å². The van der Waals surface area contributed by atoms with E-state index in [1.54, 1.807) is 0 Å². The fraction of sp³-hybridized carbons (Fsp3) is 0.440. The highest BCUT2D eigenvalue weighted by Gasteiger charge is 2.35. The Bertz CT molecular complexity index is 1030. The van der Waals surface area contributed by atoms with E-state index in [4.69, 9.17) is 4.98 Å². The lowest BCUT2D eigenvalue weighted by atomic mass is 10.1. The number of aromatic nitrogens is 2. The quantitative estimate of drug-likeness (QED) is 0.547. The predicted octanol–water partition coefficient (Wildman–Crippen LogP) is 2.76. The maximum absolute atomic E-state index is 12.9. The summed E-state index contributed by atoms with van der Waals surface area (Å²) in [6.07, 6.45) is 5.43. The fourth-order valence-electron chi connectivity index (χ4n) is 4.56. The summed E-state index contributed by atoms with van der Waals surface area (Å²) in [6.45, 7) is 8.10. The molecule has 0 radical (unpaired) electrons. The van der Waals surface area contributed by atoms with E-state index in [0.717, 1.165) is 35.6 Å². The first-order valence-corrected chi connectivity index (χ1v) is 10.9. The Kier molecular flexibility index (Phi) is 7.19. The summed E-state index contributed by atoms with van der Waals surface area (Å²) < 4.78 is 2.37. The molecule has 0 spiro atoms. The van der Waals surface area contributed by atoms with Gasteiger partial charge in [-0.25, -0.2) is 4.98 Å². The summed E-state index contributed by atoms with van der Waals surface area (Å²) in [7, 11) is 0. The van der Waals surface area contributed by atoms with Crippen molar-refractivity contribution in [3.8, 4) is 0 Å². The zero-order valence-electron chi connectivity index (χ0n) is 18.2. The minimum absolute atomic E-state index is 0. The Hall–Kier alpha value is -2.33. The maximum atomic E-state index is 12.9. The Labute approximate surface area is 185 Å². The zero-order valence-corrected chi connectivity index (χ0v) is 19.0. The summed E-state index contributed by atoms with van der Waals surface area (Å²) in [4.78, 5) is 19.8. The summed E-state index contributed by atoms with van der Waals surface area (Å²) >= 11 is 0. The fourth-order valence-corrected chi connectivity index (χ4v) is 4.56. The van der Waals surface area contributed by atoms with E-state index in [0.29, 0.717) is 13.0 Å². The van der Waals surface area contributed by atoms with E-state index in [1.807, 2.05) is 11.0 Å². The van der Waals surface area contributed by atoms with Crippen LogP contribution in [-0.2, 0) is 11.3 Å². The number of imidazole rings is 1. The van der Waals surface area contributed by atoms with Crippen LogP contribution in [0.1, 0.15) is 61.9 Å². The van der Waals surface area contributed by atoms with Crippen LogP contribution in [0.3, 0.4) is 0 Å². The van der Waals surface area contributed by atoms with Crippen LogP contribution < -0.4 is 17.3 Å². The van der Waals surface area contributed by atoms with Gasteiger partial charge < -0.3 is 21.9 Å². The summed E-state index contributed by atoms with van der Waals surface area (Å²) in [5.74, 6) is 1.41. The van der Waals surface area contributed by atoms with Gasteiger partial charge in [-0.1, -0.05) is 56.0 Å². The second-order valence-corrected chi connectivity index (χ2v) is 8.37. The van der Waals surface area contributed by atoms with Gasteiger partial charge in [-0.2, -0.15) is 0 Å². The van der Waals surface area contributed by atoms with Crippen LogP contribution in [-0.4, -0.2) is 22.0 Å². The number of anilines is 1. The molecule has 1 saturated heterocycles. The second kappa shape index (κ2) is 9.65. The molecule has 0 aliphatic carbocycles.